The summed E-state index contributed by atoms with van der Waals surface area (Å²) >= 11 is 0. The minimum atomic E-state index is -0.144. The van der Waals surface area contributed by atoms with Gasteiger partial charge < -0.3 is 14.8 Å². The Balaban J connectivity index is 1.87. The van der Waals surface area contributed by atoms with Gasteiger partial charge >= 0.3 is 0 Å². The highest BCUT2D eigenvalue weighted by Crippen LogP contribution is 2.18. The van der Waals surface area contributed by atoms with Gasteiger partial charge in [0.05, 0.1) is 31.1 Å². The quantitative estimate of drug-likeness (QED) is 0.850. The van der Waals surface area contributed by atoms with E-state index in [0.717, 1.165) is 23.6 Å². The van der Waals surface area contributed by atoms with Crippen LogP contribution in [-0.2, 0) is 13.5 Å². The molecule has 1 aromatic carbocycles. The number of rotatable bonds is 7. The first-order chi connectivity index (χ1) is 11.0. The number of hydrogen-bond acceptors (Lipinski definition) is 4. The van der Waals surface area contributed by atoms with Gasteiger partial charge in [-0.05, 0) is 37.6 Å². The van der Waals surface area contributed by atoms with Crippen molar-refractivity contribution in [2.75, 3.05) is 13.7 Å². The molecule has 1 unspecified atom stereocenters. The Bertz CT molecular complexity index is 650. The molecule has 124 valence electrons. The lowest BCUT2D eigenvalue weighted by Crippen LogP contribution is -2.33. The maximum Gasteiger partial charge on any atom is 0.254 e. The Labute approximate surface area is 136 Å². The fraction of sp³-hybridized carbons (Fsp3) is 0.412. The van der Waals surface area contributed by atoms with Crippen LogP contribution in [0.1, 0.15) is 29.9 Å². The van der Waals surface area contributed by atoms with E-state index in [0.29, 0.717) is 12.1 Å². The lowest BCUT2D eigenvalue weighted by Gasteiger charge is -2.15. The molecule has 2 aromatic rings. The number of nitrogens with zero attached hydrogens (tertiary/aromatic N) is 2. The molecule has 0 aliphatic rings. The van der Waals surface area contributed by atoms with Crippen LogP contribution >= 0.6 is 0 Å². The van der Waals surface area contributed by atoms with Crippen LogP contribution < -0.4 is 14.8 Å². The summed E-state index contributed by atoms with van der Waals surface area (Å²) in [5.74, 6) is 1.39. The number of nitrogens with one attached hydrogen (secondary N) is 1. The van der Waals surface area contributed by atoms with Crippen LogP contribution in [0, 0.1) is 0 Å². The third-order valence-electron chi connectivity index (χ3n) is 3.59. The lowest BCUT2D eigenvalue weighted by atomic mass is 10.2. The number of hydrogen-bond donors (Lipinski definition) is 1. The van der Waals surface area contributed by atoms with Crippen molar-refractivity contribution in [1.82, 2.24) is 15.1 Å². The highest BCUT2D eigenvalue weighted by molar-refractivity contribution is 5.95. The Morgan fingerprint density at radius 1 is 1.30 bits per heavy atom. The molecule has 2 rings (SSSR count). The van der Waals surface area contributed by atoms with E-state index in [4.69, 9.17) is 9.47 Å². The molecule has 1 aromatic heterocycles. The molecule has 0 spiro atoms. The first kappa shape index (κ1) is 16.9. The second-order valence-electron chi connectivity index (χ2n) is 5.30. The summed E-state index contributed by atoms with van der Waals surface area (Å²) in [5, 5.41) is 7.02. The van der Waals surface area contributed by atoms with Crippen molar-refractivity contribution in [1.29, 1.82) is 0 Å². The minimum absolute atomic E-state index is 0.125. The Morgan fingerprint density at radius 2 is 1.96 bits per heavy atom. The second-order valence-corrected chi connectivity index (χ2v) is 5.30. The molecule has 6 heteroatoms. The van der Waals surface area contributed by atoms with E-state index in [-0.39, 0.29) is 12.0 Å². The number of aromatic nitrogens is 2. The fourth-order valence-corrected chi connectivity index (χ4v) is 2.33. The molecule has 0 radical (unpaired) electrons. The van der Waals surface area contributed by atoms with E-state index >= 15 is 0 Å². The van der Waals surface area contributed by atoms with Crippen molar-refractivity contribution in [2.45, 2.75) is 26.4 Å². The molecule has 0 saturated carbocycles. The molecule has 0 aliphatic carbocycles. The predicted molar refractivity (Wildman–Crippen MR) is 88.0 cm³/mol. The number of aryl methyl sites for hydroxylation is 1. The summed E-state index contributed by atoms with van der Waals surface area (Å²) in [6, 6.07) is 7.36. The van der Waals surface area contributed by atoms with Crippen molar-refractivity contribution in [3.05, 3.63) is 41.7 Å². The smallest absolute Gasteiger partial charge is 0.254 e. The van der Waals surface area contributed by atoms with E-state index in [2.05, 4.69) is 10.4 Å². The second kappa shape index (κ2) is 7.67. The fourth-order valence-electron chi connectivity index (χ4n) is 2.33. The Morgan fingerprint density at radius 3 is 2.57 bits per heavy atom. The van der Waals surface area contributed by atoms with Gasteiger partial charge in [0.2, 0.25) is 0 Å². The van der Waals surface area contributed by atoms with Gasteiger partial charge in [-0.1, -0.05) is 6.92 Å². The first-order valence-corrected chi connectivity index (χ1v) is 7.65. The van der Waals surface area contributed by atoms with Crippen molar-refractivity contribution in [3.8, 4) is 11.5 Å². The van der Waals surface area contributed by atoms with Gasteiger partial charge in [0, 0.05) is 7.05 Å². The summed E-state index contributed by atoms with van der Waals surface area (Å²) in [7, 11) is 3.46. The number of methoxy groups -OCH3 is 1. The largest absolute Gasteiger partial charge is 0.497 e. The number of ether oxygens (including phenoxy) is 2. The molecule has 0 saturated heterocycles. The van der Waals surface area contributed by atoms with E-state index in [1.807, 2.05) is 45.2 Å². The third-order valence-corrected chi connectivity index (χ3v) is 3.59. The van der Waals surface area contributed by atoms with Gasteiger partial charge in [0.15, 0.2) is 0 Å². The minimum Gasteiger partial charge on any atom is -0.497 e. The van der Waals surface area contributed by atoms with Crippen molar-refractivity contribution in [2.24, 2.45) is 7.05 Å². The van der Waals surface area contributed by atoms with Gasteiger partial charge in [-0.15, -0.1) is 0 Å². The lowest BCUT2D eigenvalue weighted by molar-refractivity contribution is 0.0931. The van der Waals surface area contributed by atoms with Gasteiger partial charge in [0.25, 0.3) is 5.91 Å². The van der Waals surface area contributed by atoms with Crippen LogP contribution in [0.15, 0.2) is 30.5 Å². The molecular formula is C17H23N3O3. The van der Waals surface area contributed by atoms with E-state index in [1.165, 1.54) is 0 Å². The van der Waals surface area contributed by atoms with Gasteiger partial charge in [-0.3, -0.25) is 9.48 Å². The van der Waals surface area contributed by atoms with Crippen LogP contribution in [0.25, 0.3) is 0 Å². The van der Waals surface area contributed by atoms with Crippen LogP contribution in [0.2, 0.25) is 0 Å². The van der Waals surface area contributed by atoms with Crippen molar-refractivity contribution in [3.63, 3.8) is 0 Å². The van der Waals surface area contributed by atoms with E-state index in [9.17, 15) is 4.79 Å². The summed E-state index contributed by atoms with van der Waals surface area (Å²) in [4.78, 5) is 12.2. The first-order valence-electron chi connectivity index (χ1n) is 7.65. The number of amides is 1. The molecule has 1 heterocycles. The molecule has 0 fully saturated rings. The van der Waals surface area contributed by atoms with Gasteiger partial charge in [-0.2, -0.15) is 5.10 Å². The SMILES string of the molecule is CCc1c(C(=O)NCC(C)Oc2ccc(OC)cc2)cnn1C. The molecule has 0 aliphatic heterocycles. The van der Waals surface area contributed by atoms with E-state index < -0.39 is 0 Å². The molecular weight excluding hydrogens is 294 g/mol. The zero-order chi connectivity index (χ0) is 16.8. The Hall–Kier alpha value is -2.50. The summed E-state index contributed by atoms with van der Waals surface area (Å²) < 4.78 is 12.6. The molecule has 6 nitrogen and oxygen atoms in total. The third kappa shape index (κ3) is 4.25. The number of benzene rings is 1. The van der Waals surface area contributed by atoms with Crippen molar-refractivity contribution < 1.29 is 14.3 Å². The van der Waals surface area contributed by atoms with E-state index in [1.54, 1.807) is 18.0 Å². The highest BCUT2D eigenvalue weighted by Gasteiger charge is 2.15. The van der Waals surface area contributed by atoms with Crippen LogP contribution in [0.4, 0.5) is 0 Å². The summed E-state index contributed by atoms with van der Waals surface area (Å²) in [6.45, 7) is 4.33. The zero-order valence-corrected chi connectivity index (χ0v) is 14.0. The number of carbonyl (C=O) groups excluding carboxylic acids is 1. The highest BCUT2D eigenvalue weighted by atomic mass is 16.5. The number of carbonyl (C=O) groups is 1. The van der Waals surface area contributed by atoms with Crippen molar-refractivity contribution >= 4 is 5.91 Å². The monoisotopic (exact) mass is 317 g/mol. The molecule has 1 amide bonds. The molecule has 1 N–H and O–H groups in total. The topological polar surface area (TPSA) is 65.4 Å². The normalized spacial score (nSPS) is 11.8. The predicted octanol–water partition coefficient (Wildman–Crippen LogP) is 2.19. The van der Waals surface area contributed by atoms with Gasteiger partial charge in [-0.25, -0.2) is 0 Å². The molecule has 1 atom stereocenters. The van der Waals surface area contributed by atoms with Crippen LogP contribution in [0.3, 0.4) is 0 Å². The zero-order valence-electron chi connectivity index (χ0n) is 14.0. The standard InChI is InChI=1S/C17H23N3O3/c1-5-16-15(11-19-20(16)3)17(21)18-10-12(2)23-14-8-6-13(22-4)7-9-14/h6-9,11-12H,5,10H2,1-4H3,(H,18,21). The van der Waals surface area contributed by atoms with Crippen LogP contribution in [0.5, 0.6) is 11.5 Å². The molecule has 0 bridgehead atoms. The van der Waals surface area contributed by atoms with Crippen LogP contribution in [-0.4, -0.2) is 35.4 Å². The summed E-state index contributed by atoms with van der Waals surface area (Å²) in [6.07, 6.45) is 2.22. The summed E-state index contributed by atoms with van der Waals surface area (Å²) in [5.41, 5.74) is 1.54. The molecule has 23 heavy (non-hydrogen) atoms. The average molecular weight is 317 g/mol. The maximum atomic E-state index is 12.2. The average Bonchev–Trinajstić information content (AvgIpc) is 2.94. The van der Waals surface area contributed by atoms with Gasteiger partial charge in [0.1, 0.15) is 17.6 Å². The maximum absolute atomic E-state index is 12.2. The Kier molecular flexibility index (Phi) is 5.62.